The predicted molar refractivity (Wildman–Crippen MR) is 236 cm³/mol. The van der Waals surface area contributed by atoms with Crippen molar-refractivity contribution in [3.8, 4) is 62.1 Å². The second kappa shape index (κ2) is 13.6. The number of hydrogen-bond acceptors (Lipinski definition) is 3. The van der Waals surface area contributed by atoms with Crippen LogP contribution in [0.2, 0.25) is 0 Å². The maximum absolute atomic E-state index is 5.36. The van der Waals surface area contributed by atoms with Gasteiger partial charge in [-0.2, -0.15) is 0 Å². The lowest BCUT2D eigenvalue weighted by Gasteiger charge is -2.17. The maximum Gasteiger partial charge on any atom is 0.166 e. The zero-order valence-corrected chi connectivity index (χ0v) is 30.9. The molecule has 0 saturated heterocycles. The molecule has 0 unspecified atom stereocenters. The quantitative estimate of drug-likeness (QED) is 0.171. The molecule has 57 heavy (non-hydrogen) atoms. The molecular formula is C53H34N4. The monoisotopic (exact) mass is 726 g/mol. The Morgan fingerprint density at radius 3 is 1.49 bits per heavy atom. The molecule has 0 N–H and O–H groups in total. The third kappa shape index (κ3) is 5.74. The van der Waals surface area contributed by atoms with Crippen LogP contribution in [0.1, 0.15) is 0 Å². The Kier molecular flexibility index (Phi) is 7.78. The van der Waals surface area contributed by atoms with Gasteiger partial charge in [0.15, 0.2) is 17.5 Å². The van der Waals surface area contributed by atoms with Crippen LogP contribution < -0.4 is 0 Å². The van der Waals surface area contributed by atoms with Crippen molar-refractivity contribution in [3.05, 3.63) is 206 Å². The summed E-state index contributed by atoms with van der Waals surface area (Å²) in [5, 5.41) is 6.91. The summed E-state index contributed by atoms with van der Waals surface area (Å²) in [6.45, 7) is 0. The fourth-order valence-electron chi connectivity index (χ4n) is 8.26. The molecule has 0 amide bonds. The summed E-state index contributed by atoms with van der Waals surface area (Å²) >= 11 is 0. The highest BCUT2D eigenvalue weighted by atomic mass is 15.1. The van der Waals surface area contributed by atoms with E-state index in [4.69, 9.17) is 15.0 Å². The van der Waals surface area contributed by atoms with Gasteiger partial charge >= 0.3 is 0 Å². The van der Waals surface area contributed by atoms with Gasteiger partial charge in [0.2, 0.25) is 0 Å². The van der Waals surface area contributed by atoms with Gasteiger partial charge in [-0.3, -0.25) is 0 Å². The van der Waals surface area contributed by atoms with Crippen LogP contribution >= 0.6 is 0 Å². The molecular weight excluding hydrogens is 693 g/mol. The van der Waals surface area contributed by atoms with Gasteiger partial charge in [0.1, 0.15) is 0 Å². The molecule has 11 aromatic rings. The number of para-hydroxylation sites is 2. The Labute approximate surface area is 330 Å². The molecule has 0 aliphatic carbocycles. The highest BCUT2D eigenvalue weighted by Gasteiger charge is 2.21. The normalized spacial score (nSPS) is 11.5. The van der Waals surface area contributed by atoms with Crippen LogP contribution in [0.3, 0.4) is 0 Å². The SMILES string of the molecule is c1ccc(-c2ccc(-c3nc(-c4ccc5ccc(-c6ccccc6)cc5c4)nc(-c4cccc5ccccc45)n3)c(-n3c4ccccc4c4ccccc43)c2)cc1. The predicted octanol–water partition coefficient (Wildman–Crippen LogP) is 13.6. The highest BCUT2D eigenvalue weighted by Crippen LogP contribution is 2.39. The Balaban J connectivity index is 1.19. The third-order valence-corrected chi connectivity index (χ3v) is 11.0. The molecule has 0 atom stereocenters. The Bertz CT molecular complexity index is 3230. The van der Waals surface area contributed by atoms with Gasteiger partial charge in [-0.15, -0.1) is 0 Å². The lowest BCUT2D eigenvalue weighted by Crippen LogP contribution is -2.04. The third-order valence-electron chi connectivity index (χ3n) is 11.0. The van der Waals surface area contributed by atoms with Crippen LogP contribution in [0.15, 0.2) is 206 Å². The Morgan fingerprint density at radius 1 is 0.281 bits per heavy atom. The standard InChI is InChI=1S/C53H34N4/c1-3-14-35(15-4-1)39-28-26-37-27-29-41(33-42(37)32-39)51-54-52(46-23-13-19-38-18-7-8-20-43(38)46)56-53(55-51)47-31-30-40(36-16-5-2-6-17-36)34-50(47)57-48-24-11-9-21-44(48)45-22-10-12-25-49(45)57/h1-34H. The molecule has 0 spiro atoms. The minimum Gasteiger partial charge on any atom is -0.308 e. The average molecular weight is 727 g/mol. The second-order valence-electron chi connectivity index (χ2n) is 14.4. The topological polar surface area (TPSA) is 43.6 Å². The summed E-state index contributed by atoms with van der Waals surface area (Å²) in [7, 11) is 0. The number of benzene rings is 9. The smallest absolute Gasteiger partial charge is 0.166 e. The molecule has 0 aliphatic heterocycles. The van der Waals surface area contributed by atoms with E-state index in [1.165, 1.54) is 21.9 Å². The summed E-state index contributed by atoms with van der Waals surface area (Å²) in [6.07, 6.45) is 0. The molecule has 4 heteroatoms. The number of rotatable bonds is 6. The minimum atomic E-state index is 0.609. The Morgan fingerprint density at radius 2 is 0.789 bits per heavy atom. The first kappa shape index (κ1) is 32.7. The number of hydrogen-bond donors (Lipinski definition) is 0. The van der Waals surface area contributed by atoms with Gasteiger partial charge < -0.3 is 4.57 Å². The number of fused-ring (bicyclic) bond motifs is 5. The maximum atomic E-state index is 5.36. The van der Waals surface area contributed by atoms with Crippen molar-refractivity contribution < 1.29 is 0 Å². The van der Waals surface area contributed by atoms with Crippen molar-refractivity contribution >= 4 is 43.4 Å². The van der Waals surface area contributed by atoms with E-state index in [0.717, 1.165) is 66.1 Å². The zero-order chi connectivity index (χ0) is 37.7. The van der Waals surface area contributed by atoms with Crippen LogP contribution in [0, 0.1) is 0 Å². The van der Waals surface area contributed by atoms with E-state index in [9.17, 15) is 0 Å². The first-order valence-corrected chi connectivity index (χ1v) is 19.3. The van der Waals surface area contributed by atoms with Gasteiger partial charge in [0, 0.05) is 27.5 Å². The molecule has 11 rings (SSSR count). The fourth-order valence-corrected chi connectivity index (χ4v) is 8.26. The van der Waals surface area contributed by atoms with Crippen molar-refractivity contribution in [3.63, 3.8) is 0 Å². The summed E-state index contributed by atoms with van der Waals surface area (Å²) in [6, 6.07) is 72.9. The molecule has 2 aromatic heterocycles. The average Bonchev–Trinajstić information content (AvgIpc) is 3.63. The highest BCUT2D eigenvalue weighted by molar-refractivity contribution is 6.10. The van der Waals surface area contributed by atoms with E-state index in [1.807, 2.05) is 0 Å². The Hall–Kier alpha value is -7.69. The molecule has 266 valence electrons. The van der Waals surface area contributed by atoms with Gasteiger partial charge in [-0.25, -0.2) is 15.0 Å². The second-order valence-corrected chi connectivity index (χ2v) is 14.4. The molecule has 9 aromatic carbocycles. The van der Waals surface area contributed by atoms with Crippen LogP contribution in [0.25, 0.3) is 105 Å². The van der Waals surface area contributed by atoms with Crippen LogP contribution in [0.5, 0.6) is 0 Å². The largest absolute Gasteiger partial charge is 0.308 e. The molecule has 4 nitrogen and oxygen atoms in total. The van der Waals surface area contributed by atoms with E-state index < -0.39 is 0 Å². The first-order valence-electron chi connectivity index (χ1n) is 19.3. The van der Waals surface area contributed by atoms with Crippen molar-refractivity contribution in [1.29, 1.82) is 0 Å². The minimum absolute atomic E-state index is 0.609. The van der Waals surface area contributed by atoms with Gasteiger partial charge in [-0.05, 0) is 80.2 Å². The summed E-state index contributed by atoms with van der Waals surface area (Å²) in [5.74, 6) is 1.86. The molecule has 0 fully saturated rings. The van der Waals surface area contributed by atoms with E-state index >= 15 is 0 Å². The summed E-state index contributed by atoms with van der Waals surface area (Å²) in [4.78, 5) is 16.0. The van der Waals surface area contributed by atoms with Crippen LogP contribution in [-0.2, 0) is 0 Å². The van der Waals surface area contributed by atoms with Gasteiger partial charge in [0.05, 0.1) is 16.7 Å². The number of aromatic nitrogens is 4. The lowest BCUT2D eigenvalue weighted by atomic mass is 9.99. The fraction of sp³-hybridized carbons (Fsp3) is 0. The van der Waals surface area contributed by atoms with Crippen LogP contribution in [0.4, 0.5) is 0 Å². The number of nitrogens with zero attached hydrogens (tertiary/aromatic N) is 4. The van der Waals surface area contributed by atoms with Crippen LogP contribution in [-0.4, -0.2) is 19.5 Å². The molecule has 0 aliphatic rings. The van der Waals surface area contributed by atoms with Gasteiger partial charge in [0.25, 0.3) is 0 Å². The van der Waals surface area contributed by atoms with Crippen molar-refractivity contribution in [2.24, 2.45) is 0 Å². The zero-order valence-electron chi connectivity index (χ0n) is 30.9. The summed E-state index contributed by atoms with van der Waals surface area (Å²) in [5.41, 5.74) is 10.7. The van der Waals surface area contributed by atoms with E-state index in [1.54, 1.807) is 0 Å². The summed E-state index contributed by atoms with van der Waals surface area (Å²) < 4.78 is 2.37. The molecule has 0 bridgehead atoms. The first-order chi connectivity index (χ1) is 28.2. The van der Waals surface area contributed by atoms with Gasteiger partial charge in [-0.1, -0.05) is 170 Å². The lowest BCUT2D eigenvalue weighted by molar-refractivity contribution is 1.07. The molecule has 0 saturated carbocycles. The van der Waals surface area contributed by atoms with Crippen molar-refractivity contribution in [1.82, 2.24) is 19.5 Å². The van der Waals surface area contributed by atoms with E-state index in [2.05, 4.69) is 211 Å². The van der Waals surface area contributed by atoms with Crippen molar-refractivity contribution in [2.45, 2.75) is 0 Å². The van der Waals surface area contributed by atoms with E-state index in [-0.39, 0.29) is 0 Å². The molecule has 2 heterocycles. The molecule has 0 radical (unpaired) electrons. The van der Waals surface area contributed by atoms with E-state index in [0.29, 0.717) is 17.5 Å². The van der Waals surface area contributed by atoms with Crippen molar-refractivity contribution in [2.75, 3.05) is 0 Å².